The van der Waals surface area contributed by atoms with Crippen LogP contribution in [0.3, 0.4) is 0 Å². The Kier molecular flexibility index (Phi) is 3.23. The van der Waals surface area contributed by atoms with E-state index >= 15 is 0 Å². The van der Waals surface area contributed by atoms with Gasteiger partial charge in [-0.25, -0.2) is 9.97 Å². The van der Waals surface area contributed by atoms with Crippen molar-refractivity contribution >= 4 is 16.9 Å². The maximum absolute atomic E-state index is 9.21. The Morgan fingerprint density at radius 2 is 2.24 bits per heavy atom. The lowest BCUT2D eigenvalue weighted by molar-refractivity contribution is 0.271. The SMILES string of the molecule is CCC(CO)Nc1ncnc2c1c(C)nn2C. The molecule has 2 aromatic heterocycles. The van der Waals surface area contributed by atoms with Gasteiger partial charge in [-0.05, 0) is 13.3 Å². The highest BCUT2D eigenvalue weighted by molar-refractivity contribution is 5.89. The minimum Gasteiger partial charge on any atom is -0.394 e. The molecule has 1 unspecified atom stereocenters. The van der Waals surface area contributed by atoms with E-state index in [0.717, 1.165) is 29.0 Å². The van der Waals surface area contributed by atoms with Crippen LogP contribution in [0, 0.1) is 6.92 Å². The van der Waals surface area contributed by atoms with E-state index in [1.54, 1.807) is 4.68 Å². The van der Waals surface area contributed by atoms with Crippen molar-refractivity contribution in [2.75, 3.05) is 11.9 Å². The molecule has 0 aliphatic carbocycles. The van der Waals surface area contributed by atoms with Gasteiger partial charge in [-0.15, -0.1) is 0 Å². The molecule has 0 aliphatic heterocycles. The number of hydrogen-bond donors (Lipinski definition) is 2. The summed E-state index contributed by atoms with van der Waals surface area (Å²) in [4.78, 5) is 8.44. The molecule has 0 saturated carbocycles. The van der Waals surface area contributed by atoms with E-state index in [-0.39, 0.29) is 12.6 Å². The fourth-order valence-electron chi connectivity index (χ4n) is 1.86. The number of nitrogens with one attached hydrogen (secondary N) is 1. The zero-order valence-electron chi connectivity index (χ0n) is 10.3. The second-order valence-corrected chi connectivity index (χ2v) is 4.06. The number of anilines is 1. The fraction of sp³-hybridized carbons (Fsp3) is 0.545. The van der Waals surface area contributed by atoms with E-state index in [1.165, 1.54) is 6.33 Å². The molecular weight excluding hydrogens is 218 g/mol. The smallest absolute Gasteiger partial charge is 0.163 e. The summed E-state index contributed by atoms with van der Waals surface area (Å²) in [5.41, 5.74) is 1.69. The Hall–Kier alpha value is -1.69. The molecule has 2 rings (SSSR count). The lowest BCUT2D eigenvalue weighted by atomic mass is 10.2. The molecule has 6 heteroatoms. The Morgan fingerprint density at radius 1 is 1.47 bits per heavy atom. The van der Waals surface area contributed by atoms with Crippen LogP contribution in [0.15, 0.2) is 6.33 Å². The Balaban J connectivity index is 2.47. The molecule has 6 nitrogen and oxygen atoms in total. The molecule has 2 N–H and O–H groups in total. The first-order valence-corrected chi connectivity index (χ1v) is 5.69. The number of hydrogen-bond acceptors (Lipinski definition) is 5. The predicted octanol–water partition coefficient (Wildman–Crippen LogP) is 0.855. The van der Waals surface area contributed by atoms with Crippen molar-refractivity contribution in [1.29, 1.82) is 0 Å². The van der Waals surface area contributed by atoms with E-state index in [2.05, 4.69) is 20.4 Å². The van der Waals surface area contributed by atoms with Gasteiger partial charge in [0.15, 0.2) is 5.65 Å². The standard InChI is InChI=1S/C11H17N5O/c1-4-8(5-17)14-10-9-7(2)15-16(3)11(9)13-6-12-10/h6,8,17H,4-5H2,1-3H3,(H,12,13,14). The highest BCUT2D eigenvalue weighted by atomic mass is 16.3. The van der Waals surface area contributed by atoms with Crippen LogP contribution in [0.25, 0.3) is 11.0 Å². The molecule has 0 aliphatic rings. The third kappa shape index (κ3) is 2.08. The molecule has 0 spiro atoms. The molecular formula is C11H17N5O. The topological polar surface area (TPSA) is 75.9 Å². The molecule has 0 bridgehead atoms. The third-order valence-electron chi connectivity index (χ3n) is 2.85. The van der Waals surface area contributed by atoms with Gasteiger partial charge in [0.1, 0.15) is 12.1 Å². The van der Waals surface area contributed by atoms with Crippen LogP contribution >= 0.6 is 0 Å². The summed E-state index contributed by atoms with van der Waals surface area (Å²) in [7, 11) is 1.86. The first kappa shape index (κ1) is 11.8. The molecule has 92 valence electrons. The van der Waals surface area contributed by atoms with Crippen molar-refractivity contribution in [3.63, 3.8) is 0 Å². The van der Waals surface area contributed by atoms with Gasteiger partial charge in [-0.2, -0.15) is 5.10 Å². The number of rotatable bonds is 4. The summed E-state index contributed by atoms with van der Waals surface area (Å²) in [6.45, 7) is 4.03. The van der Waals surface area contributed by atoms with E-state index in [1.807, 2.05) is 20.9 Å². The average molecular weight is 235 g/mol. The van der Waals surface area contributed by atoms with Gasteiger partial charge >= 0.3 is 0 Å². The number of nitrogens with zero attached hydrogens (tertiary/aromatic N) is 4. The quantitative estimate of drug-likeness (QED) is 0.821. The summed E-state index contributed by atoms with van der Waals surface area (Å²) in [6.07, 6.45) is 2.34. The van der Waals surface area contributed by atoms with Gasteiger partial charge < -0.3 is 10.4 Å². The second-order valence-electron chi connectivity index (χ2n) is 4.06. The first-order chi connectivity index (χ1) is 8.17. The van der Waals surface area contributed by atoms with Gasteiger partial charge in [0, 0.05) is 7.05 Å². The maximum Gasteiger partial charge on any atom is 0.163 e. The largest absolute Gasteiger partial charge is 0.394 e. The minimum atomic E-state index is 0.00714. The molecule has 1 atom stereocenters. The van der Waals surface area contributed by atoms with Crippen LogP contribution in [-0.4, -0.2) is 37.5 Å². The summed E-state index contributed by atoms with van der Waals surface area (Å²) < 4.78 is 1.73. The summed E-state index contributed by atoms with van der Waals surface area (Å²) in [5, 5.41) is 17.7. The Labute approximate surface area is 99.7 Å². The van der Waals surface area contributed by atoms with Crippen LogP contribution in [0.1, 0.15) is 19.0 Å². The number of aromatic nitrogens is 4. The predicted molar refractivity (Wildman–Crippen MR) is 65.8 cm³/mol. The first-order valence-electron chi connectivity index (χ1n) is 5.69. The molecule has 0 aromatic carbocycles. The van der Waals surface area contributed by atoms with E-state index < -0.39 is 0 Å². The highest BCUT2D eigenvalue weighted by Gasteiger charge is 2.14. The molecule has 17 heavy (non-hydrogen) atoms. The highest BCUT2D eigenvalue weighted by Crippen LogP contribution is 2.22. The number of aliphatic hydroxyl groups is 1. The van der Waals surface area contributed by atoms with Crippen molar-refractivity contribution in [2.45, 2.75) is 26.3 Å². The van der Waals surface area contributed by atoms with Crippen molar-refractivity contribution < 1.29 is 5.11 Å². The minimum absolute atomic E-state index is 0.00714. The Bertz CT molecular complexity index is 518. The summed E-state index contributed by atoms with van der Waals surface area (Å²) in [5.74, 6) is 0.738. The van der Waals surface area contributed by atoms with Crippen molar-refractivity contribution in [2.24, 2.45) is 7.05 Å². The van der Waals surface area contributed by atoms with E-state index in [9.17, 15) is 5.11 Å². The van der Waals surface area contributed by atoms with Crippen molar-refractivity contribution in [1.82, 2.24) is 19.7 Å². The molecule has 2 heterocycles. The lowest BCUT2D eigenvalue weighted by Gasteiger charge is -2.15. The monoisotopic (exact) mass is 235 g/mol. The zero-order valence-corrected chi connectivity index (χ0v) is 10.3. The van der Waals surface area contributed by atoms with Crippen molar-refractivity contribution in [3.8, 4) is 0 Å². The van der Waals surface area contributed by atoms with Crippen LogP contribution in [0.2, 0.25) is 0 Å². The van der Waals surface area contributed by atoms with Crippen LogP contribution in [0.4, 0.5) is 5.82 Å². The van der Waals surface area contributed by atoms with E-state index in [0.29, 0.717) is 0 Å². The van der Waals surface area contributed by atoms with Crippen LogP contribution in [-0.2, 0) is 7.05 Å². The van der Waals surface area contributed by atoms with Gasteiger partial charge in [-0.3, -0.25) is 4.68 Å². The maximum atomic E-state index is 9.21. The number of fused-ring (bicyclic) bond motifs is 1. The zero-order chi connectivity index (χ0) is 12.4. The normalized spacial score (nSPS) is 12.9. The molecule has 0 radical (unpaired) electrons. The Morgan fingerprint density at radius 3 is 2.88 bits per heavy atom. The van der Waals surface area contributed by atoms with Crippen molar-refractivity contribution in [3.05, 3.63) is 12.0 Å². The number of aliphatic hydroxyl groups excluding tert-OH is 1. The van der Waals surface area contributed by atoms with E-state index in [4.69, 9.17) is 0 Å². The molecule has 2 aromatic rings. The van der Waals surface area contributed by atoms with Gasteiger partial charge in [0.25, 0.3) is 0 Å². The summed E-state index contributed by atoms with van der Waals surface area (Å²) in [6, 6.07) is 0.00714. The molecule has 0 amide bonds. The van der Waals surface area contributed by atoms with Gasteiger partial charge in [-0.1, -0.05) is 6.92 Å². The van der Waals surface area contributed by atoms with Gasteiger partial charge in [0.2, 0.25) is 0 Å². The molecule has 0 saturated heterocycles. The molecule has 0 fully saturated rings. The summed E-state index contributed by atoms with van der Waals surface area (Å²) >= 11 is 0. The fourth-order valence-corrected chi connectivity index (χ4v) is 1.86. The van der Waals surface area contributed by atoms with Crippen LogP contribution < -0.4 is 5.32 Å². The second kappa shape index (κ2) is 4.67. The third-order valence-corrected chi connectivity index (χ3v) is 2.85. The van der Waals surface area contributed by atoms with Gasteiger partial charge in [0.05, 0.1) is 23.7 Å². The number of aryl methyl sites for hydroxylation is 2. The lowest BCUT2D eigenvalue weighted by Crippen LogP contribution is -2.23. The average Bonchev–Trinajstić information content (AvgIpc) is 2.63. The van der Waals surface area contributed by atoms with Crippen LogP contribution in [0.5, 0.6) is 0 Å².